The van der Waals surface area contributed by atoms with Gasteiger partial charge in [-0.3, -0.25) is 0 Å². The van der Waals surface area contributed by atoms with E-state index in [1.807, 2.05) is 0 Å². The Kier molecular flexibility index (Phi) is 5.51. The second-order valence-corrected chi connectivity index (χ2v) is 4.00. The molecular formula is C6H7ClKNO2S. The summed E-state index contributed by atoms with van der Waals surface area (Å²) < 4.78 is 21.4. The average Bonchev–Trinajstić information content (AvgIpc) is 1.86. The summed E-state index contributed by atoms with van der Waals surface area (Å²) >= 11 is 5.53. The first kappa shape index (κ1) is 13.1. The minimum atomic E-state index is -3.61. The summed E-state index contributed by atoms with van der Waals surface area (Å²) in [5.41, 5.74) is 0. The summed E-state index contributed by atoms with van der Waals surface area (Å²) in [7, 11) is -3.61. The van der Waals surface area contributed by atoms with Crippen LogP contribution in [0.3, 0.4) is 0 Å². The van der Waals surface area contributed by atoms with E-state index in [1.54, 1.807) is 6.07 Å². The molecular weight excluding hydrogens is 225 g/mol. The van der Waals surface area contributed by atoms with Crippen molar-refractivity contribution in [3.8, 4) is 0 Å². The number of halogens is 1. The van der Waals surface area contributed by atoms with Gasteiger partial charge in [0.1, 0.15) is 0 Å². The van der Waals surface area contributed by atoms with Gasteiger partial charge in [-0.1, -0.05) is 17.7 Å². The molecule has 0 bridgehead atoms. The van der Waals surface area contributed by atoms with Crippen LogP contribution in [0.25, 0.3) is 0 Å². The maximum absolute atomic E-state index is 10.7. The zero-order valence-corrected chi connectivity index (χ0v) is 11.2. The molecule has 0 spiro atoms. The fourth-order valence-corrected chi connectivity index (χ4v) is 1.46. The van der Waals surface area contributed by atoms with E-state index in [0.29, 0.717) is 5.02 Å². The van der Waals surface area contributed by atoms with Crippen molar-refractivity contribution < 1.29 is 61.2 Å². The van der Waals surface area contributed by atoms with Crippen molar-refractivity contribution in [1.29, 1.82) is 0 Å². The number of benzene rings is 1. The molecule has 2 N–H and O–H groups in total. The first-order chi connectivity index (χ1) is 5.00. The molecule has 1 aromatic carbocycles. The number of hydrogen-bond acceptors (Lipinski definition) is 2. The molecule has 1 aromatic rings. The second kappa shape index (κ2) is 5.07. The molecule has 0 aliphatic heterocycles. The van der Waals surface area contributed by atoms with E-state index in [4.69, 9.17) is 16.7 Å². The van der Waals surface area contributed by atoms with Gasteiger partial charge in [0.2, 0.25) is 10.0 Å². The molecule has 0 unspecified atom stereocenters. The monoisotopic (exact) mass is 231 g/mol. The minimum absolute atomic E-state index is 0. The van der Waals surface area contributed by atoms with Gasteiger partial charge in [0.15, 0.2) is 0 Å². The Balaban J connectivity index is 0. The van der Waals surface area contributed by atoms with Gasteiger partial charge in [0.25, 0.3) is 0 Å². The summed E-state index contributed by atoms with van der Waals surface area (Å²) in [5.74, 6) is 0. The van der Waals surface area contributed by atoms with Crippen LogP contribution in [0.1, 0.15) is 1.43 Å². The Morgan fingerprint density at radius 2 is 2.00 bits per heavy atom. The third-order valence-corrected chi connectivity index (χ3v) is 2.27. The first-order valence-electron chi connectivity index (χ1n) is 2.78. The number of hydrogen-bond donors (Lipinski definition) is 1. The molecule has 0 atom stereocenters. The smallest absolute Gasteiger partial charge is 1.00 e. The maximum atomic E-state index is 10.7. The Morgan fingerprint density at radius 1 is 1.42 bits per heavy atom. The summed E-state index contributed by atoms with van der Waals surface area (Å²) in [5, 5.41) is 5.20. The van der Waals surface area contributed by atoms with Crippen LogP contribution in [0.15, 0.2) is 29.2 Å². The second-order valence-electron chi connectivity index (χ2n) is 2.00. The number of rotatable bonds is 1. The van der Waals surface area contributed by atoms with E-state index in [0.717, 1.165) is 0 Å². The van der Waals surface area contributed by atoms with E-state index >= 15 is 0 Å². The van der Waals surface area contributed by atoms with Crippen LogP contribution in [0.2, 0.25) is 5.02 Å². The van der Waals surface area contributed by atoms with Crippen molar-refractivity contribution in [2.75, 3.05) is 0 Å². The first-order valence-corrected chi connectivity index (χ1v) is 4.71. The van der Waals surface area contributed by atoms with E-state index in [9.17, 15) is 8.42 Å². The van der Waals surface area contributed by atoms with Gasteiger partial charge in [-0.05, 0) is 18.2 Å². The Hall–Kier alpha value is 1.06. The predicted octanol–water partition coefficient (Wildman–Crippen LogP) is -1.90. The molecule has 0 saturated carbocycles. The van der Waals surface area contributed by atoms with Crippen LogP contribution in [0, 0.1) is 0 Å². The molecule has 0 aliphatic carbocycles. The van der Waals surface area contributed by atoms with Crippen LogP contribution in [0.4, 0.5) is 0 Å². The molecule has 0 heterocycles. The van der Waals surface area contributed by atoms with Crippen molar-refractivity contribution >= 4 is 21.6 Å². The van der Waals surface area contributed by atoms with Crippen LogP contribution in [-0.2, 0) is 10.0 Å². The van der Waals surface area contributed by atoms with Gasteiger partial charge in [-0.15, -0.1) is 0 Å². The summed E-state index contributed by atoms with van der Waals surface area (Å²) in [6.45, 7) is 0. The molecule has 0 radical (unpaired) electrons. The van der Waals surface area contributed by atoms with Crippen LogP contribution < -0.4 is 56.5 Å². The zero-order valence-electron chi connectivity index (χ0n) is 7.49. The van der Waals surface area contributed by atoms with Gasteiger partial charge >= 0.3 is 51.4 Å². The van der Waals surface area contributed by atoms with E-state index in [2.05, 4.69) is 0 Å². The Labute approximate surface area is 120 Å². The molecule has 3 nitrogen and oxygen atoms in total. The Morgan fingerprint density at radius 3 is 2.33 bits per heavy atom. The van der Waals surface area contributed by atoms with Crippen LogP contribution >= 0.6 is 11.6 Å². The predicted molar refractivity (Wildman–Crippen MR) is 43.9 cm³/mol. The minimum Gasteiger partial charge on any atom is -1.00 e. The topological polar surface area (TPSA) is 60.2 Å². The SMILES string of the molecule is NS(=O)(=O)c1cccc(Cl)c1.[H-].[K+]. The maximum Gasteiger partial charge on any atom is 1.00 e. The van der Waals surface area contributed by atoms with Gasteiger partial charge in [-0.25, -0.2) is 13.6 Å². The van der Waals surface area contributed by atoms with Crippen molar-refractivity contribution in [2.45, 2.75) is 4.90 Å². The average molecular weight is 232 g/mol. The van der Waals surface area contributed by atoms with E-state index in [1.165, 1.54) is 18.2 Å². The molecule has 0 aromatic heterocycles. The van der Waals surface area contributed by atoms with Crippen LogP contribution in [-0.4, -0.2) is 8.42 Å². The molecule has 0 fully saturated rings. The fourth-order valence-electron chi connectivity index (χ4n) is 0.644. The third-order valence-electron chi connectivity index (χ3n) is 1.12. The van der Waals surface area contributed by atoms with Gasteiger partial charge in [0.05, 0.1) is 4.90 Å². The number of sulfonamides is 1. The molecule has 0 aliphatic rings. The quantitative estimate of drug-likeness (QED) is 0.575. The van der Waals surface area contributed by atoms with Crippen LogP contribution in [0.5, 0.6) is 0 Å². The number of primary sulfonamides is 1. The van der Waals surface area contributed by atoms with Crippen molar-refractivity contribution in [1.82, 2.24) is 0 Å². The summed E-state index contributed by atoms with van der Waals surface area (Å²) in [6, 6.07) is 5.80. The van der Waals surface area contributed by atoms with Crippen molar-refractivity contribution in [3.05, 3.63) is 29.3 Å². The Bertz CT molecular complexity index is 371. The summed E-state index contributed by atoms with van der Waals surface area (Å²) in [6.07, 6.45) is 0. The molecule has 6 heteroatoms. The number of nitrogens with two attached hydrogens (primary N) is 1. The zero-order chi connectivity index (χ0) is 8.48. The third kappa shape index (κ3) is 3.84. The fraction of sp³-hybridized carbons (Fsp3) is 0. The van der Waals surface area contributed by atoms with Gasteiger partial charge in [0, 0.05) is 5.02 Å². The van der Waals surface area contributed by atoms with E-state index < -0.39 is 10.0 Å². The standard InChI is InChI=1S/C6H6ClNO2S.K.H/c7-5-2-1-3-6(4-5)11(8,9)10;;/h1-4H,(H2,8,9,10);;/q;+1;-1. The van der Waals surface area contributed by atoms with E-state index in [-0.39, 0.29) is 57.7 Å². The van der Waals surface area contributed by atoms with Gasteiger partial charge < -0.3 is 1.43 Å². The van der Waals surface area contributed by atoms with Crippen molar-refractivity contribution in [3.63, 3.8) is 0 Å². The largest absolute Gasteiger partial charge is 1.00 e. The molecule has 0 saturated heterocycles. The normalized spacial score (nSPS) is 10.5. The molecule has 12 heavy (non-hydrogen) atoms. The molecule has 0 amide bonds. The van der Waals surface area contributed by atoms with Crippen molar-refractivity contribution in [2.24, 2.45) is 5.14 Å². The summed E-state index contributed by atoms with van der Waals surface area (Å²) in [4.78, 5) is 0.0324. The molecule has 1 rings (SSSR count). The molecule has 62 valence electrons. The van der Waals surface area contributed by atoms with Gasteiger partial charge in [-0.2, -0.15) is 0 Å².